The largest absolute Gasteiger partial charge is 0.334 e. The van der Waals surface area contributed by atoms with Crippen LogP contribution in [0.3, 0.4) is 0 Å². The van der Waals surface area contributed by atoms with E-state index in [2.05, 4.69) is 26.3 Å². The Morgan fingerprint density at radius 2 is 2.05 bits per heavy atom. The van der Waals surface area contributed by atoms with Crippen molar-refractivity contribution in [1.29, 1.82) is 0 Å². The summed E-state index contributed by atoms with van der Waals surface area (Å²) in [5, 5.41) is 6.93. The number of halogens is 1. The second kappa shape index (κ2) is 6.56. The summed E-state index contributed by atoms with van der Waals surface area (Å²) in [6.45, 7) is 1.06. The van der Waals surface area contributed by atoms with E-state index in [-0.39, 0.29) is 6.03 Å². The molecule has 0 bridgehead atoms. The first-order valence-electron chi connectivity index (χ1n) is 6.25. The van der Waals surface area contributed by atoms with Crippen LogP contribution in [-0.2, 0) is 20.1 Å². The molecular weight excluding hydrogens is 320 g/mol. The lowest BCUT2D eigenvalue weighted by molar-refractivity contribution is 0.206. The Bertz CT molecular complexity index is 579. The maximum Gasteiger partial charge on any atom is 0.317 e. The van der Waals surface area contributed by atoms with E-state index in [4.69, 9.17) is 0 Å². The molecule has 0 aliphatic heterocycles. The van der Waals surface area contributed by atoms with Crippen LogP contribution in [0, 0.1) is 0 Å². The molecule has 5 nitrogen and oxygen atoms in total. The number of urea groups is 1. The standard InChI is InChI=1S/C14H17BrN4O/c1-18(9-11-3-5-13(15)6-4-11)14(20)16-7-12-8-17-19(2)10-12/h3-6,8,10H,7,9H2,1-2H3,(H,16,20). The van der Waals surface area contributed by atoms with Crippen LogP contribution in [0.25, 0.3) is 0 Å². The number of aryl methyl sites for hydroxylation is 1. The lowest BCUT2D eigenvalue weighted by atomic mass is 10.2. The highest BCUT2D eigenvalue weighted by Crippen LogP contribution is 2.11. The first-order valence-corrected chi connectivity index (χ1v) is 7.05. The summed E-state index contributed by atoms with van der Waals surface area (Å²) >= 11 is 3.39. The molecule has 0 fully saturated rings. The van der Waals surface area contributed by atoms with Gasteiger partial charge in [-0.05, 0) is 17.7 Å². The molecular formula is C14H17BrN4O. The van der Waals surface area contributed by atoms with E-state index in [0.29, 0.717) is 13.1 Å². The van der Waals surface area contributed by atoms with Gasteiger partial charge in [0.2, 0.25) is 0 Å². The van der Waals surface area contributed by atoms with Crippen molar-refractivity contribution in [3.63, 3.8) is 0 Å². The zero-order valence-corrected chi connectivity index (χ0v) is 13.1. The number of rotatable bonds is 4. The van der Waals surface area contributed by atoms with Crippen molar-refractivity contribution in [3.05, 3.63) is 52.3 Å². The predicted molar refractivity (Wildman–Crippen MR) is 81.1 cm³/mol. The van der Waals surface area contributed by atoms with E-state index in [1.54, 1.807) is 22.8 Å². The Kier molecular flexibility index (Phi) is 4.79. The Hall–Kier alpha value is -1.82. The normalized spacial score (nSPS) is 10.3. The van der Waals surface area contributed by atoms with Gasteiger partial charge < -0.3 is 10.2 Å². The van der Waals surface area contributed by atoms with E-state index in [9.17, 15) is 4.79 Å². The quantitative estimate of drug-likeness (QED) is 0.932. The topological polar surface area (TPSA) is 50.2 Å². The molecule has 1 heterocycles. The van der Waals surface area contributed by atoms with E-state index in [0.717, 1.165) is 15.6 Å². The summed E-state index contributed by atoms with van der Waals surface area (Å²) < 4.78 is 2.75. The smallest absolute Gasteiger partial charge is 0.317 e. The Labute approximate surface area is 126 Å². The number of amides is 2. The fraction of sp³-hybridized carbons (Fsp3) is 0.286. The van der Waals surface area contributed by atoms with Crippen molar-refractivity contribution in [2.75, 3.05) is 7.05 Å². The molecule has 6 heteroatoms. The second-order valence-electron chi connectivity index (χ2n) is 4.66. The number of carbonyl (C=O) groups excluding carboxylic acids is 1. The monoisotopic (exact) mass is 336 g/mol. The molecule has 1 N–H and O–H groups in total. The molecule has 0 saturated heterocycles. The molecule has 0 aliphatic rings. The van der Waals surface area contributed by atoms with E-state index < -0.39 is 0 Å². The molecule has 2 amide bonds. The highest BCUT2D eigenvalue weighted by molar-refractivity contribution is 9.10. The Balaban J connectivity index is 1.84. The summed E-state index contributed by atoms with van der Waals surface area (Å²) in [6.07, 6.45) is 3.63. The summed E-state index contributed by atoms with van der Waals surface area (Å²) in [5.74, 6) is 0. The van der Waals surface area contributed by atoms with Crippen LogP contribution in [0.2, 0.25) is 0 Å². The van der Waals surface area contributed by atoms with Gasteiger partial charge >= 0.3 is 6.03 Å². The van der Waals surface area contributed by atoms with Crippen molar-refractivity contribution in [2.45, 2.75) is 13.1 Å². The number of nitrogens with zero attached hydrogens (tertiary/aromatic N) is 3. The third-order valence-corrected chi connectivity index (χ3v) is 3.41. The average Bonchev–Trinajstić information content (AvgIpc) is 2.84. The van der Waals surface area contributed by atoms with Crippen molar-refractivity contribution in [1.82, 2.24) is 20.0 Å². The van der Waals surface area contributed by atoms with Gasteiger partial charge in [-0.3, -0.25) is 4.68 Å². The summed E-state index contributed by atoms with van der Waals surface area (Å²) in [4.78, 5) is 13.6. The molecule has 0 saturated carbocycles. The predicted octanol–water partition coefficient (Wildman–Crippen LogP) is 2.52. The Morgan fingerprint density at radius 3 is 2.65 bits per heavy atom. The molecule has 1 aromatic carbocycles. The average molecular weight is 337 g/mol. The Morgan fingerprint density at radius 1 is 1.35 bits per heavy atom. The number of nitrogens with one attached hydrogen (secondary N) is 1. The summed E-state index contributed by atoms with van der Waals surface area (Å²) in [6, 6.07) is 7.83. The molecule has 1 aromatic heterocycles. The molecule has 2 aromatic rings. The van der Waals surface area contributed by atoms with Gasteiger partial charge in [-0.15, -0.1) is 0 Å². The lowest BCUT2D eigenvalue weighted by Gasteiger charge is -2.17. The maximum absolute atomic E-state index is 12.0. The lowest BCUT2D eigenvalue weighted by Crippen LogP contribution is -2.36. The van der Waals surface area contributed by atoms with E-state index in [1.165, 1.54) is 0 Å². The summed E-state index contributed by atoms with van der Waals surface area (Å²) in [7, 11) is 3.63. The first kappa shape index (κ1) is 14.6. The third kappa shape index (κ3) is 4.09. The highest BCUT2D eigenvalue weighted by Gasteiger charge is 2.09. The van der Waals surface area contributed by atoms with Crippen molar-refractivity contribution in [3.8, 4) is 0 Å². The van der Waals surface area contributed by atoms with Crippen molar-refractivity contribution >= 4 is 22.0 Å². The molecule has 0 unspecified atom stereocenters. The number of aromatic nitrogens is 2. The third-order valence-electron chi connectivity index (χ3n) is 2.88. The molecule has 0 aliphatic carbocycles. The van der Waals surface area contributed by atoms with Crippen LogP contribution in [0.5, 0.6) is 0 Å². The number of carbonyl (C=O) groups is 1. The maximum atomic E-state index is 12.0. The molecule has 20 heavy (non-hydrogen) atoms. The molecule has 0 spiro atoms. The zero-order valence-electron chi connectivity index (χ0n) is 11.5. The molecule has 2 rings (SSSR count). The molecule has 0 atom stereocenters. The number of hydrogen-bond donors (Lipinski definition) is 1. The second-order valence-corrected chi connectivity index (χ2v) is 5.58. The van der Waals surface area contributed by atoms with Gasteiger partial charge in [0.1, 0.15) is 0 Å². The van der Waals surface area contributed by atoms with E-state index in [1.807, 2.05) is 37.5 Å². The van der Waals surface area contributed by atoms with Crippen LogP contribution in [0.1, 0.15) is 11.1 Å². The van der Waals surface area contributed by atoms with Crippen molar-refractivity contribution < 1.29 is 4.79 Å². The van der Waals surface area contributed by atoms with Crippen LogP contribution in [-0.4, -0.2) is 27.8 Å². The SMILES string of the molecule is CN(Cc1ccc(Br)cc1)C(=O)NCc1cnn(C)c1. The minimum atomic E-state index is -0.100. The fourth-order valence-electron chi connectivity index (χ4n) is 1.81. The van der Waals surface area contributed by atoms with Crippen LogP contribution >= 0.6 is 15.9 Å². The van der Waals surface area contributed by atoms with Crippen LogP contribution < -0.4 is 5.32 Å². The highest BCUT2D eigenvalue weighted by atomic mass is 79.9. The van der Waals surface area contributed by atoms with Gasteiger partial charge in [-0.25, -0.2) is 4.79 Å². The summed E-state index contributed by atoms with van der Waals surface area (Å²) in [5.41, 5.74) is 2.07. The fourth-order valence-corrected chi connectivity index (χ4v) is 2.08. The molecule has 106 valence electrons. The van der Waals surface area contributed by atoms with Gasteiger partial charge in [-0.2, -0.15) is 5.10 Å². The van der Waals surface area contributed by atoms with Crippen LogP contribution in [0.4, 0.5) is 4.79 Å². The zero-order chi connectivity index (χ0) is 14.5. The van der Waals surface area contributed by atoms with Crippen molar-refractivity contribution in [2.24, 2.45) is 7.05 Å². The first-order chi connectivity index (χ1) is 9.54. The van der Waals surface area contributed by atoms with Gasteiger partial charge in [0.15, 0.2) is 0 Å². The number of benzene rings is 1. The van der Waals surface area contributed by atoms with Gasteiger partial charge in [0, 0.05) is 43.4 Å². The van der Waals surface area contributed by atoms with E-state index >= 15 is 0 Å². The minimum Gasteiger partial charge on any atom is -0.334 e. The number of hydrogen-bond acceptors (Lipinski definition) is 2. The van der Waals surface area contributed by atoms with Gasteiger partial charge in [0.05, 0.1) is 6.20 Å². The van der Waals surface area contributed by atoms with Gasteiger partial charge in [0.25, 0.3) is 0 Å². The van der Waals surface area contributed by atoms with Gasteiger partial charge in [-0.1, -0.05) is 28.1 Å². The van der Waals surface area contributed by atoms with Crippen LogP contribution in [0.15, 0.2) is 41.1 Å². The molecule has 0 radical (unpaired) electrons. The minimum absolute atomic E-state index is 0.100.